The Morgan fingerprint density at radius 2 is 1.19 bits per heavy atom. The minimum Gasteiger partial charge on any atom is -0.426 e. The third-order valence-electron chi connectivity index (χ3n) is 8.32. The van der Waals surface area contributed by atoms with Crippen molar-refractivity contribution in [1.82, 2.24) is 24.5 Å². The molecule has 8 rings (SSSR count). The number of nitrogens with zero attached hydrogens (tertiary/aromatic N) is 5. The van der Waals surface area contributed by atoms with Crippen LogP contribution in [-0.4, -0.2) is 54.9 Å². The molecule has 1 N–H and O–H groups in total. The lowest BCUT2D eigenvalue weighted by Crippen LogP contribution is -2.16. The Hall–Kier alpha value is -7.08. The number of hydrogen-bond acceptors (Lipinski definition) is 11. The molecule has 304 valence electrons. The molecule has 0 amide bonds. The van der Waals surface area contributed by atoms with E-state index in [-0.39, 0.29) is 30.5 Å². The fraction of sp³-hybridized carbons (Fsp3) is 0.171. The van der Waals surface area contributed by atoms with Crippen LogP contribution >= 0.6 is 0 Å². The number of ether oxygens (including phenoxy) is 3. The number of aliphatic hydroxyl groups is 1. The molecule has 0 atom stereocenters. The number of carbonyl (C=O) groups is 1. The molecular formula is C41H31F6N5O7. The number of halogens is 6. The van der Waals surface area contributed by atoms with Crippen LogP contribution in [-0.2, 0) is 30.6 Å². The number of aromatic nitrogens is 5. The normalized spacial score (nSPS) is 12.1. The van der Waals surface area contributed by atoms with Gasteiger partial charge in [0.1, 0.15) is 17.2 Å². The minimum absolute atomic E-state index is 0.138. The lowest BCUT2D eigenvalue weighted by atomic mass is 10.0. The van der Waals surface area contributed by atoms with Gasteiger partial charge in [-0.3, -0.25) is 29.3 Å². The van der Waals surface area contributed by atoms with Crippen molar-refractivity contribution in [1.29, 1.82) is 0 Å². The SMILES string of the molecule is O=C1Cc2cc(-c3ccc(OC(F)(F)F)cc3)ccc2O1.O=c1oc2ccc(-c3ccc(OC(F)(F)F)cc3)cc2n1CCc1cnccn1.OCCc1cnccn1. The Morgan fingerprint density at radius 1 is 0.661 bits per heavy atom. The van der Waals surface area contributed by atoms with E-state index in [0.717, 1.165) is 33.6 Å². The summed E-state index contributed by atoms with van der Waals surface area (Å²) in [6.45, 7) is 0.491. The summed E-state index contributed by atoms with van der Waals surface area (Å²) >= 11 is 0. The van der Waals surface area contributed by atoms with Crippen molar-refractivity contribution in [2.75, 3.05) is 6.61 Å². The van der Waals surface area contributed by atoms with Gasteiger partial charge in [0.15, 0.2) is 5.58 Å². The van der Waals surface area contributed by atoms with Gasteiger partial charge in [-0.15, -0.1) is 26.3 Å². The Balaban J connectivity index is 0.000000169. The number of alkyl halides is 6. The van der Waals surface area contributed by atoms with E-state index in [1.807, 2.05) is 0 Å². The molecule has 0 bridgehead atoms. The van der Waals surface area contributed by atoms with Crippen molar-refractivity contribution >= 4 is 17.1 Å². The molecular weight excluding hydrogens is 788 g/mol. The molecule has 12 nitrogen and oxygen atoms in total. The molecule has 18 heteroatoms. The van der Waals surface area contributed by atoms with Gasteiger partial charge < -0.3 is 23.7 Å². The summed E-state index contributed by atoms with van der Waals surface area (Å²) in [7, 11) is 0. The van der Waals surface area contributed by atoms with Crippen molar-refractivity contribution < 1.29 is 54.9 Å². The highest BCUT2D eigenvalue weighted by Crippen LogP contribution is 2.33. The quantitative estimate of drug-likeness (QED) is 0.0859. The van der Waals surface area contributed by atoms with Crippen molar-refractivity contribution in [2.24, 2.45) is 0 Å². The van der Waals surface area contributed by atoms with Crippen LogP contribution in [0.3, 0.4) is 0 Å². The molecule has 0 saturated carbocycles. The molecule has 0 aliphatic carbocycles. The van der Waals surface area contributed by atoms with Crippen molar-refractivity contribution in [3.8, 4) is 39.5 Å². The van der Waals surface area contributed by atoms with Crippen LogP contribution in [0.4, 0.5) is 26.3 Å². The molecule has 0 fully saturated rings. The summed E-state index contributed by atoms with van der Waals surface area (Å²) < 4.78 is 92.6. The second kappa shape index (κ2) is 18.5. The molecule has 59 heavy (non-hydrogen) atoms. The first-order chi connectivity index (χ1) is 28.2. The highest BCUT2D eigenvalue weighted by atomic mass is 19.4. The molecule has 3 aromatic heterocycles. The summed E-state index contributed by atoms with van der Waals surface area (Å²) in [5, 5.41) is 8.45. The number of carbonyl (C=O) groups excluding carboxylic acids is 1. The fourth-order valence-electron chi connectivity index (χ4n) is 5.72. The van der Waals surface area contributed by atoms with Crippen LogP contribution in [0, 0.1) is 0 Å². The lowest BCUT2D eigenvalue weighted by Gasteiger charge is -2.09. The number of esters is 1. The predicted octanol–water partition coefficient (Wildman–Crippen LogP) is 7.92. The number of fused-ring (bicyclic) bond motifs is 2. The third-order valence-corrected chi connectivity index (χ3v) is 8.32. The maximum atomic E-state index is 12.3. The number of benzene rings is 4. The number of rotatable bonds is 9. The Bertz CT molecular complexity index is 2530. The van der Waals surface area contributed by atoms with E-state index in [0.29, 0.717) is 41.8 Å². The smallest absolute Gasteiger partial charge is 0.426 e. The van der Waals surface area contributed by atoms with Crippen molar-refractivity contribution in [3.63, 3.8) is 0 Å². The van der Waals surface area contributed by atoms with E-state index >= 15 is 0 Å². The second-order valence-electron chi connectivity index (χ2n) is 12.4. The van der Waals surface area contributed by atoms with E-state index in [2.05, 4.69) is 29.4 Å². The molecule has 1 aliphatic rings. The Morgan fingerprint density at radius 3 is 1.71 bits per heavy atom. The summed E-state index contributed by atoms with van der Waals surface area (Å²) in [5.74, 6) is -0.843. The van der Waals surface area contributed by atoms with Crippen LogP contribution in [0.15, 0.2) is 131 Å². The van der Waals surface area contributed by atoms with Crippen molar-refractivity contribution in [2.45, 2.75) is 38.5 Å². The standard InChI is InChI=1S/C20H14F3N3O3.C15H9F3O3.C6H8N2O/c21-20(22,23)29-16-4-1-13(2-5-16)14-3-6-18-17(11-14)26(19(27)28-18)10-7-15-12-24-8-9-25-15;16-15(17,18)21-12-4-1-9(2-5-12)10-3-6-13-11(7-10)8-14(19)20-13;9-4-1-6-5-7-2-3-8-6/h1-6,8-9,11-12H,7,10H2;1-7H,8H2;2-3,5,9H,1,4H2. The largest absolute Gasteiger partial charge is 0.573 e. The van der Waals surface area contributed by atoms with Crippen LogP contribution in [0.25, 0.3) is 33.4 Å². The lowest BCUT2D eigenvalue weighted by molar-refractivity contribution is -0.275. The zero-order chi connectivity index (χ0) is 42.0. The zero-order valence-corrected chi connectivity index (χ0v) is 30.5. The Kier molecular flexibility index (Phi) is 13.0. The van der Waals surface area contributed by atoms with E-state index < -0.39 is 18.5 Å². The van der Waals surface area contributed by atoms with Gasteiger partial charge in [-0.05, 0) is 70.8 Å². The van der Waals surface area contributed by atoms with Gasteiger partial charge in [-0.25, -0.2) is 4.79 Å². The average molecular weight is 820 g/mol. The van der Waals surface area contributed by atoms with Crippen LogP contribution in [0.5, 0.6) is 17.2 Å². The van der Waals surface area contributed by atoms with Gasteiger partial charge in [0, 0.05) is 68.7 Å². The average Bonchev–Trinajstić information content (AvgIpc) is 3.74. The van der Waals surface area contributed by atoms with E-state index in [1.165, 1.54) is 53.1 Å². The van der Waals surface area contributed by atoms with Crippen LogP contribution in [0.1, 0.15) is 17.0 Å². The predicted molar refractivity (Wildman–Crippen MR) is 199 cm³/mol. The first-order valence-corrected chi connectivity index (χ1v) is 17.5. The van der Waals surface area contributed by atoms with Crippen LogP contribution < -0.4 is 20.0 Å². The number of oxazole rings is 1. The first kappa shape index (κ1) is 41.6. The maximum absolute atomic E-state index is 12.3. The minimum atomic E-state index is -4.74. The highest BCUT2D eigenvalue weighted by Gasteiger charge is 2.32. The van der Waals surface area contributed by atoms with Gasteiger partial charge >= 0.3 is 24.5 Å². The van der Waals surface area contributed by atoms with Gasteiger partial charge in [0.25, 0.3) is 0 Å². The number of aryl methyl sites for hydroxylation is 2. The Labute approximate surface area is 330 Å². The van der Waals surface area contributed by atoms with E-state index in [9.17, 15) is 35.9 Å². The van der Waals surface area contributed by atoms with Gasteiger partial charge in [0.05, 0.1) is 23.3 Å². The molecule has 0 saturated heterocycles. The summed E-state index contributed by atoms with van der Waals surface area (Å²) in [5.41, 5.74) is 6.29. The maximum Gasteiger partial charge on any atom is 0.573 e. The zero-order valence-electron chi connectivity index (χ0n) is 30.5. The van der Waals surface area contributed by atoms with E-state index in [4.69, 9.17) is 14.3 Å². The molecule has 4 aromatic carbocycles. The number of hydrogen-bond donors (Lipinski definition) is 1. The first-order valence-electron chi connectivity index (χ1n) is 17.5. The molecule has 0 spiro atoms. The van der Waals surface area contributed by atoms with E-state index in [1.54, 1.807) is 73.6 Å². The highest BCUT2D eigenvalue weighted by molar-refractivity contribution is 5.83. The van der Waals surface area contributed by atoms with Crippen LogP contribution in [0.2, 0.25) is 0 Å². The molecule has 4 heterocycles. The van der Waals surface area contributed by atoms with Crippen molar-refractivity contribution in [3.05, 3.63) is 150 Å². The van der Waals surface area contributed by atoms with Gasteiger partial charge in [-0.1, -0.05) is 36.4 Å². The summed E-state index contributed by atoms with van der Waals surface area (Å²) in [6, 6.07) is 21.4. The summed E-state index contributed by atoms with van der Waals surface area (Å²) in [6.07, 6.45) is 1.51. The summed E-state index contributed by atoms with van der Waals surface area (Å²) in [4.78, 5) is 39.4. The van der Waals surface area contributed by atoms with Gasteiger partial charge in [-0.2, -0.15) is 0 Å². The topological polar surface area (TPSA) is 152 Å². The molecule has 1 aliphatic heterocycles. The fourth-order valence-corrected chi connectivity index (χ4v) is 5.72. The van der Waals surface area contributed by atoms with Gasteiger partial charge in [0.2, 0.25) is 0 Å². The molecule has 7 aromatic rings. The monoisotopic (exact) mass is 819 g/mol. The molecule has 0 unspecified atom stereocenters. The third kappa shape index (κ3) is 12.0. The molecule has 0 radical (unpaired) electrons. The number of aliphatic hydroxyl groups excluding tert-OH is 1. The second-order valence-corrected chi connectivity index (χ2v) is 12.4.